The number of hydrogen-bond donors (Lipinski definition) is 1. The first-order valence-corrected chi connectivity index (χ1v) is 6.79. The highest BCUT2D eigenvalue weighted by atomic mass is 19.2. The predicted molar refractivity (Wildman–Crippen MR) is 75.5 cm³/mol. The Labute approximate surface area is 142 Å². The van der Waals surface area contributed by atoms with E-state index < -0.39 is 68.5 Å². The van der Waals surface area contributed by atoms with Gasteiger partial charge >= 0.3 is 0 Å². The Kier molecular flexibility index (Phi) is 4.95. The first kappa shape index (κ1) is 18.9. The largest absolute Gasteiger partial charge is 0.379 e. The van der Waals surface area contributed by atoms with Gasteiger partial charge in [-0.25, -0.2) is 26.3 Å². The summed E-state index contributed by atoms with van der Waals surface area (Å²) >= 11 is 0. The molecule has 0 fully saturated rings. The molecule has 0 aromatic heterocycles. The van der Waals surface area contributed by atoms with Gasteiger partial charge in [0.2, 0.25) is 0 Å². The SMILES string of the molecule is CN/C(C#N)=c1/c(F)c(F)c2c(c1F)C(F)=C(F)C(C(C#N)C#N)C=2F. The maximum atomic E-state index is 14.5. The quantitative estimate of drug-likeness (QED) is 0.639. The number of fused-ring (bicyclic) bond motifs is 1. The molecule has 1 aliphatic carbocycles. The van der Waals surface area contributed by atoms with Gasteiger partial charge in [0.05, 0.1) is 34.1 Å². The fraction of sp³-hybridized carbons (Fsp3) is 0.188. The van der Waals surface area contributed by atoms with Crippen molar-refractivity contribution in [3.8, 4) is 18.2 Å². The van der Waals surface area contributed by atoms with Crippen molar-refractivity contribution in [2.75, 3.05) is 7.05 Å². The molecule has 0 spiro atoms. The van der Waals surface area contributed by atoms with E-state index in [-0.39, 0.29) is 0 Å². The standard InChI is InChI=1S/C16H6F6N4/c1-26-6(4-25)8-12(18)10-9(16(22)14(8)20)11(17)7(5(2-23)3-24)13(19)15(10)21/h5,7,26H,1H3/b8-6+. The molecule has 0 radical (unpaired) electrons. The number of allylic oxidation sites excluding steroid dienone is 1. The van der Waals surface area contributed by atoms with Gasteiger partial charge in [0.15, 0.2) is 17.5 Å². The molecule has 1 unspecified atom stereocenters. The minimum atomic E-state index is -2.47. The van der Waals surface area contributed by atoms with Gasteiger partial charge in [-0.2, -0.15) is 15.8 Å². The Morgan fingerprint density at radius 1 is 0.923 bits per heavy atom. The van der Waals surface area contributed by atoms with E-state index in [1.807, 2.05) is 0 Å². The van der Waals surface area contributed by atoms with Crippen LogP contribution in [0.2, 0.25) is 0 Å². The number of rotatable bonds is 2. The van der Waals surface area contributed by atoms with E-state index in [4.69, 9.17) is 15.8 Å². The van der Waals surface area contributed by atoms with Crippen LogP contribution < -0.4 is 15.8 Å². The Balaban J connectivity index is 3.16. The molecule has 4 nitrogen and oxygen atoms in total. The first-order valence-electron chi connectivity index (χ1n) is 6.79. The van der Waals surface area contributed by atoms with Crippen LogP contribution in [0, 0.1) is 63.3 Å². The van der Waals surface area contributed by atoms with Gasteiger partial charge in [0.1, 0.15) is 35.2 Å². The first-order chi connectivity index (χ1) is 12.3. The highest BCUT2D eigenvalue weighted by Gasteiger charge is 2.40. The lowest BCUT2D eigenvalue weighted by atomic mass is 9.85. The molecule has 0 heterocycles. The van der Waals surface area contributed by atoms with E-state index in [9.17, 15) is 26.3 Å². The summed E-state index contributed by atoms with van der Waals surface area (Å²) in [7, 11) is 1.06. The fourth-order valence-electron chi connectivity index (χ4n) is 2.54. The highest BCUT2D eigenvalue weighted by molar-refractivity contribution is 5.73. The summed E-state index contributed by atoms with van der Waals surface area (Å²) in [5.41, 5.74) is -2.41. The molecule has 0 amide bonds. The number of benzene rings is 1. The van der Waals surface area contributed by atoms with Gasteiger partial charge in [-0.1, -0.05) is 0 Å². The molecule has 2 rings (SSSR count). The summed E-state index contributed by atoms with van der Waals surface area (Å²) in [6, 6.07) is 3.71. The average molecular weight is 368 g/mol. The zero-order valence-electron chi connectivity index (χ0n) is 12.8. The second kappa shape index (κ2) is 6.81. The van der Waals surface area contributed by atoms with Crippen molar-refractivity contribution < 1.29 is 26.3 Å². The Bertz CT molecular complexity index is 1070. The van der Waals surface area contributed by atoms with E-state index in [0.29, 0.717) is 0 Å². The van der Waals surface area contributed by atoms with E-state index >= 15 is 0 Å². The van der Waals surface area contributed by atoms with Crippen molar-refractivity contribution in [3.63, 3.8) is 0 Å². The summed E-state index contributed by atoms with van der Waals surface area (Å²) in [6.07, 6.45) is 0. The van der Waals surface area contributed by atoms with Crippen molar-refractivity contribution in [2.24, 2.45) is 11.8 Å². The molecule has 1 aromatic carbocycles. The third-order valence-electron chi connectivity index (χ3n) is 3.76. The molecule has 1 aliphatic rings. The summed E-state index contributed by atoms with van der Waals surface area (Å²) in [6.45, 7) is 0. The Hall–Kier alpha value is -3.45. The lowest BCUT2D eigenvalue weighted by Crippen LogP contribution is -2.36. The maximum absolute atomic E-state index is 14.5. The molecule has 0 saturated heterocycles. The second-order valence-electron chi connectivity index (χ2n) is 5.03. The Morgan fingerprint density at radius 2 is 1.50 bits per heavy atom. The predicted octanol–water partition coefficient (Wildman–Crippen LogP) is 1.93. The molecule has 1 atom stereocenters. The molecule has 26 heavy (non-hydrogen) atoms. The lowest BCUT2D eigenvalue weighted by molar-refractivity contribution is 0.426. The van der Waals surface area contributed by atoms with E-state index in [0.717, 1.165) is 7.05 Å². The molecule has 0 saturated carbocycles. The van der Waals surface area contributed by atoms with Crippen LogP contribution in [0.1, 0.15) is 5.56 Å². The number of nitrogens with one attached hydrogen (secondary N) is 1. The van der Waals surface area contributed by atoms with E-state index in [2.05, 4.69) is 5.32 Å². The molecule has 1 N–H and O–H groups in total. The Morgan fingerprint density at radius 3 is 1.96 bits per heavy atom. The maximum Gasteiger partial charge on any atom is 0.172 e. The van der Waals surface area contributed by atoms with Crippen LogP contribution in [0.5, 0.6) is 0 Å². The molecule has 1 aromatic rings. The topological polar surface area (TPSA) is 83.4 Å². The molecule has 132 valence electrons. The zero-order chi connectivity index (χ0) is 19.8. The van der Waals surface area contributed by atoms with Crippen molar-refractivity contribution >= 4 is 17.4 Å². The summed E-state index contributed by atoms with van der Waals surface area (Å²) < 4.78 is 86.1. The molecule has 10 heteroatoms. The van der Waals surface area contributed by atoms with Crippen LogP contribution in [0.25, 0.3) is 17.4 Å². The van der Waals surface area contributed by atoms with Crippen LogP contribution in [-0.2, 0) is 0 Å². The molecule has 0 aliphatic heterocycles. The van der Waals surface area contributed by atoms with Crippen LogP contribution in [0.15, 0.2) is 5.83 Å². The number of nitrogens with zero attached hydrogens (tertiary/aromatic N) is 3. The van der Waals surface area contributed by atoms with Gasteiger partial charge in [-0.3, -0.25) is 0 Å². The summed E-state index contributed by atoms with van der Waals surface area (Å²) in [4.78, 5) is 0. The summed E-state index contributed by atoms with van der Waals surface area (Å²) in [5.74, 6) is -16.6. The third kappa shape index (κ3) is 2.46. The number of halogens is 6. The monoisotopic (exact) mass is 368 g/mol. The zero-order valence-corrected chi connectivity index (χ0v) is 12.8. The molecular formula is C16H6F6N4. The highest BCUT2D eigenvalue weighted by Crippen LogP contribution is 2.39. The normalized spacial score (nSPS) is 17.3. The third-order valence-corrected chi connectivity index (χ3v) is 3.76. The minimum absolute atomic E-state index is 0.843. The van der Waals surface area contributed by atoms with Crippen LogP contribution in [0.3, 0.4) is 0 Å². The molecule has 0 bridgehead atoms. The van der Waals surface area contributed by atoms with Crippen LogP contribution in [-0.4, -0.2) is 7.05 Å². The van der Waals surface area contributed by atoms with Crippen LogP contribution in [0.4, 0.5) is 26.3 Å². The number of hydrogen-bond acceptors (Lipinski definition) is 4. The fourth-order valence-corrected chi connectivity index (χ4v) is 2.54. The van der Waals surface area contributed by atoms with Gasteiger partial charge in [0.25, 0.3) is 0 Å². The minimum Gasteiger partial charge on any atom is -0.379 e. The summed E-state index contributed by atoms with van der Waals surface area (Å²) in [5, 5.41) is 25.5. The van der Waals surface area contributed by atoms with Crippen molar-refractivity contribution in [1.82, 2.24) is 5.32 Å². The van der Waals surface area contributed by atoms with Crippen molar-refractivity contribution in [2.45, 2.75) is 0 Å². The number of nitriles is 3. The second-order valence-corrected chi connectivity index (χ2v) is 5.03. The smallest absolute Gasteiger partial charge is 0.172 e. The van der Waals surface area contributed by atoms with Crippen LogP contribution >= 0.6 is 0 Å². The van der Waals surface area contributed by atoms with Crippen molar-refractivity contribution in [3.05, 3.63) is 39.3 Å². The van der Waals surface area contributed by atoms with Gasteiger partial charge < -0.3 is 5.32 Å². The molecular weight excluding hydrogens is 362 g/mol. The van der Waals surface area contributed by atoms with Crippen molar-refractivity contribution in [1.29, 1.82) is 15.8 Å². The van der Waals surface area contributed by atoms with Gasteiger partial charge in [0, 0.05) is 7.05 Å². The van der Waals surface area contributed by atoms with Gasteiger partial charge in [-0.05, 0) is 0 Å². The average Bonchev–Trinajstić information content (AvgIpc) is 2.63. The van der Waals surface area contributed by atoms with Gasteiger partial charge in [-0.15, -0.1) is 0 Å². The lowest BCUT2D eigenvalue weighted by Gasteiger charge is -2.21. The van der Waals surface area contributed by atoms with E-state index in [1.165, 1.54) is 18.2 Å². The van der Waals surface area contributed by atoms with E-state index in [1.54, 1.807) is 0 Å².